The molecule has 0 aliphatic rings. The number of thiol groups is 5. The zero-order valence-corrected chi connectivity index (χ0v) is 51.3. The van der Waals surface area contributed by atoms with Gasteiger partial charge in [0.25, 0.3) is 0 Å². The van der Waals surface area contributed by atoms with Crippen LogP contribution in [-0.4, -0.2) is 22.2 Å². The van der Waals surface area contributed by atoms with Gasteiger partial charge in [0.1, 0.15) is 0 Å². The van der Waals surface area contributed by atoms with Crippen LogP contribution in [0.15, 0.2) is 319 Å². The minimum atomic E-state index is -1.11. The fourth-order valence-corrected chi connectivity index (χ4v) is 14.0. The van der Waals surface area contributed by atoms with Crippen LogP contribution in [0.1, 0.15) is 65.2 Å². The van der Waals surface area contributed by atoms with Crippen LogP contribution in [-0.2, 0) is 10.8 Å². The summed E-state index contributed by atoms with van der Waals surface area (Å²) in [5.41, 5.74) is 13.3. The topological polar surface area (TPSA) is 74.6 Å². The number of hydrogen-bond donors (Lipinski definition) is 7. The average Bonchev–Trinajstić information content (AvgIpc) is 1.29. The standard InChI is InChI=1S/C76H54O4S6/c77-73(78)52-16-26-57(27-17-52)75(60-32-41-69(83)65(46-60)50-10-4-1-5-11-50,61-33-42-70(84)66(47-61)51-12-6-2-7-13-51)58-30-38-64(39-31-58)86-72-43-25-55(49-22-36-63(82)37-23-49)45-68(72)76(56-14-8-3-9-15-56,59-28-18-53(19-29-59)74(79)80)67-44-54(24-40-71(67)85)48-20-34-62(81)35-21-48/h1-47,81-85H,(H,77,78)(H,79,80). The van der Waals surface area contributed by atoms with Crippen LogP contribution in [0.5, 0.6) is 0 Å². The zero-order chi connectivity index (χ0) is 59.5. The van der Waals surface area contributed by atoms with Crippen molar-refractivity contribution in [1.29, 1.82) is 0 Å². The maximum Gasteiger partial charge on any atom is 0.335 e. The van der Waals surface area contributed by atoms with Crippen molar-refractivity contribution in [2.75, 3.05) is 0 Å². The maximum absolute atomic E-state index is 12.6. The van der Waals surface area contributed by atoms with E-state index in [2.05, 4.69) is 165 Å². The fraction of sp³-hybridized carbons (Fsp3) is 0.0263. The normalized spacial score (nSPS) is 12.1. The summed E-state index contributed by atoms with van der Waals surface area (Å²) in [6.07, 6.45) is 0. The minimum Gasteiger partial charge on any atom is -0.478 e. The van der Waals surface area contributed by atoms with Crippen LogP contribution in [0.4, 0.5) is 0 Å². The predicted octanol–water partition coefficient (Wildman–Crippen LogP) is 20.1. The molecule has 0 fully saturated rings. The summed E-state index contributed by atoms with van der Waals surface area (Å²) < 4.78 is 0. The van der Waals surface area contributed by atoms with Crippen LogP contribution in [0, 0.1) is 0 Å². The molecule has 0 heterocycles. The number of carboxylic acids is 2. The van der Waals surface area contributed by atoms with E-state index in [0.29, 0.717) is 0 Å². The van der Waals surface area contributed by atoms with E-state index in [-0.39, 0.29) is 11.1 Å². The van der Waals surface area contributed by atoms with Gasteiger partial charge in [-0.05, 0) is 198 Å². The van der Waals surface area contributed by atoms with Crippen LogP contribution < -0.4 is 0 Å². The number of rotatable bonds is 16. The third-order valence-electron chi connectivity index (χ3n) is 16.1. The molecule has 0 aliphatic heterocycles. The van der Waals surface area contributed by atoms with Crippen LogP contribution >= 0.6 is 74.9 Å². The van der Waals surface area contributed by atoms with E-state index in [0.717, 1.165) is 123 Å². The molecular weight excluding hydrogens is 1170 g/mol. The summed E-state index contributed by atoms with van der Waals surface area (Å²) in [6, 6.07) is 96.0. The highest BCUT2D eigenvalue weighted by Crippen LogP contribution is 2.54. The van der Waals surface area contributed by atoms with Crippen molar-refractivity contribution in [3.05, 3.63) is 341 Å². The number of aromatic carboxylic acids is 2. The Balaban J connectivity index is 1.11. The minimum absolute atomic E-state index is 0.169. The molecule has 0 radical (unpaired) electrons. The molecule has 418 valence electrons. The second-order valence-corrected chi connectivity index (χ2v) is 24.6. The Bertz CT molecular complexity index is 4360. The van der Waals surface area contributed by atoms with Gasteiger partial charge in [-0.1, -0.05) is 188 Å². The van der Waals surface area contributed by atoms with Gasteiger partial charge in [-0.3, -0.25) is 0 Å². The molecule has 12 rings (SSSR count). The van der Waals surface area contributed by atoms with E-state index in [1.807, 2.05) is 121 Å². The summed E-state index contributed by atoms with van der Waals surface area (Å²) in [6.45, 7) is 0. The van der Waals surface area contributed by atoms with Gasteiger partial charge in [0.15, 0.2) is 0 Å². The summed E-state index contributed by atoms with van der Waals surface area (Å²) in [4.78, 5) is 31.1. The first kappa shape index (κ1) is 58.1. The molecule has 0 bridgehead atoms. The lowest BCUT2D eigenvalue weighted by molar-refractivity contribution is 0.0686. The highest BCUT2D eigenvalue weighted by Gasteiger charge is 2.43. The van der Waals surface area contributed by atoms with Crippen molar-refractivity contribution < 1.29 is 19.8 Å². The molecule has 0 spiro atoms. The van der Waals surface area contributed by atoms with Crippen molar-refractivity contribution in [1.82, 2.24) is 0 Å². The monoisotopic (exact) mass is 1220 g/mol. The van der Waals surface area contributed by atoms with Gasteiger partial charge in [0.05, 0.1) is 22.0 Å². The van der Waals surface area contributed by atoms with Crippen molar-refractivity contribution >= 4 is 86.8 Å². The summed E-state index contributed by atoms with van der Waals surface area (Å²) in [5, 5.41) is 20.6. The van der Waals surface area contributed by atoms with Crippen molar-refractivity contribution in [3.63, 3.8) is 0 Å². The number of carbonyl (C=O) groups is 2. The highest BCUT2D eigenvalue weighted by atomic mass is 32.2. The second kappa shape index (κ2) is 24.9. The molecule has 0 aliphatic carbocycles. The molecule has 0 saturated heterocycles. The van der Waals surface area contributed by atoms with Gasteiger partial charge in [-0.25, -0.2) is 9.59 Å². The molecule has 12 aromatic carbocycles. The molecule has 0 amide bonds. The second-order valence-electron chi connectivity index (χ2n) is 21.0. The van der Waals surface area contributed by atoms with Crippen molar-refractivity contribution in [2.24, 2.45) is 0 Å². The quantitative estimate of drug-likeness (QED) is 0.0388. The van der Waals surface area contributed by atoms with E-state index in [1.165, 1.54) is 0 Å². The molecule has 12 aromatic rings. The lowest BCUT2D eigenvalue weighted by Gasteiger charge is -2.39. The Hall–Kier alpha value is -8.32. The molecule has 2 N–H and O–H groups in total. The van der Waals surface area contributed by atoms with E-state index in [9.17, 15) is 19.8 Å². The lowest BCUT2D eigenvalue weighted by Crippen LogP contribution is -2.32. The Morgan fingerprint density at radius 1 is 0.302 bits per heavy atom. The Morgan fingerprint density at radius 3 is 1.12 bits per heavy atom. The Labute approximate surface area is 532 Å². The smallest absolute Gasteiger partial charge is 0.335 e. The first-order chi connectivity index (χ1) is 41.8. The SMILES string of the molecule is O=C(O)c1ccc(C(c2ccc(Sc3ccc(-c4ccc(S)cc4)cc3C(c3ccccc3)(c3ccc(C(=O)O)cc3)c3cc(-c4ccc(S)cc4)ccc3S)cc2)(c2ccc(S)c(-c3ccccc3)c2)c2ccc(S)c(-c3ccccc3)c2)cc1. The summed E-state index contributed by atoms with van der Waals surface area (Å²) >= 11 is 26.4. The summed E-state index contributed by atoms with van der Waals surface area (Å²) in [5.74, 6) is -2.04. The van der Waals surface area contributed by atoms with Crippen LogP contribution in [0.2, 0.25) is 0 Å². The molecule has 0 saturated carbocycles. The molecule has 1 unspecified atom stereocenters. The molecule has 0 aromatic heterocycles. The first-order valence-electron chi connectivity index (χ1n) is 27.7. The average molecular weight is 1220 g/mol. The third-order valence-corrected chi connectivity index (χ3v) is 18.9. The van der Waals surface area contributed by atoms with Gasteiger partial charge < -0.3 is 10.2 Å². The van der Waals surface area contributed by atoms with E-state index in [4.69, 9.17) is 37.9 Å². The van der Waals surface area contributed by atoms with E-state index < -0.39 is 22.8 Å². The number of hydrogen-bond acceptors (Lipinski definition) is 8. The third kappa shape index (κ3) is 11.3. The van der Waals surface area contributed by atoms with Crippen LogP contribution in [0.3, 0.4) is 0 Å². The fourth-order valence-electron chi connectivity index (χ4n) is 11.9. The molecule has 4 nitrogen and oxygen atoms in total. The van der Waals surface area contributed by atoms with Crippen molar-refractivity contribution in [3.8, 4) is 44.5 Å². The van der Waals surface area contributed by atoms with E-state index >= 15 is 0 Å². The van der Waals surface area contributed by atoms with Crippen molar-refractivity contribution in [2.45, 2.75) is 45.1 Å². The largest absolute Gasteiger partial charge is 0.478 e. The molecular formula is C76H54O4S6. The maximum atomic E-state index is 12.6. The van der Waals surface area contributed by atoms with Gasteiger partial charge in [-0.15, -0.1) is 63.1 Å². The molecule has 1 atom stereocenters. The predicted molar refractivity (Wildman–Crippen MR) is 366 cm³/mol. The van der Waals surface area contributed by atoms with Gasteiger partial charge in [0, 0.05) is 34.3 Å². The Kier molecular flexibility index (Phi) is 16.8. The summed E-state index contributed by atoms with van der Waals surface area (Å²) in [7, 11) is 0. The van der Waals surface area contributed by atoms with Gasteiger partial charge >= 0.3 is 11.9 Å². The number of benzene rings is 12. The van der Waals surface area contributed by atoms with Gasteiger partial charge in [0.2, 0.25) is 0 Å². The lowest BCUT2D eigenvalue weighted by atomic mass is 9.64. The van der Waals surface area contributed by atoms with Crippen LogP contribution in [0.25, 0.3) is 44.5 Å². The Morgan fingerprint density at radius 2 is 0.663 bits per heavy atom. The first-order valence-corrected chi connectivity index (χ1v) is 30.7. The molecule has 10 heteroatoms. The zero-order valence-electron chi connectivity index (χ0n) is 46.0. The highest BCUT2D eigenvalue weighted by molar-refractivity contribution is 7.99. The van der Waals surface area contributed by atoms with E-state index in [1.54, 1.807) is 36.0 Å². The molecule has 86 heavy (non-hydrogen) atoms. The van der Waals surface area contributed by atoms with Gasteiger partial charge in [-0.2, -0.15) is 0 Å². The number of carboxylic acid groups (broad SMARTS) is 2.